The first-order valence-corrected chi connectivity index (χ1v) is 10.8. The van der Waals surface area contributed by atoms with Crippen molar-refractivity contribution >= 4 is 17.7 Å². The number of carbonyl (C=O) groups is 1. The molecule has 0 fully saturated rings. The fourth-order valence-electron chi connectivity index (χ4n) is 2.86. The Morgan fingerprint density at radius 1 is 1.03 bits per heavy atom. The zero-order valence-corrected chi connectivity index (χ0v) is 18.1. The molecule has 0 aliphatic heterocycles. The maximum absolute atomic E-state index is 12.9. The van der Waals surface area contributed by atoms with Gasteiger partial charge in [-0.05, 0) is 48.0 Å². The minimum atomic E-state index is -4.80. The number of amides is 1. The molecule has 4 aromatic rings. The lowest BCUT2D eigenvalue weighted by molar-refractivity contribution is -0.274. The van der Waals surface area contributed by atoms with Gasteiger partial charge in [0, 0.05) is 37.1 Å². The summed E-state index contributed by atoms with van der Waals surface area (Å²) >= 11 is 1.26. The average molecular weight is 487 g/mol. The molecule has 3 aromatic heterocycles. The van der Waals surface area contributed by atoms with E-state index in [1.807, 2.05) is 0 Å². The molecule has 1 N–H and O–H groups in total. The van der Waals surface area contributed by atoms with Crippen LogP contribution >= 0.6 is 11.8 Å². The highest BCUT2D eigenvalue weighted by Crippen LogP contribution is 2.26. The van der Waals surface area contributed by atoms with Crippen molar-refractivity contribution in [2.75, 3.05) is 0 Å². The molecule has 34 heavy (non-hydrogen) atoms. The van der Waals surface area contributed by atoms with Crippen molar-refractivity contribution in [3.63, 3.8) is 0 Å². The van der Waals surface area contributed by atoms with Gasteiger partial charge in [0.2, 0.25) is 0 Å². The molecule has 4 rings (SSSR count). The minimum Gasteiger partial charge on any atom is -0.406 e. The van der Waals surface area contributed by atoms with E-state index in [4.69, 9.17) is 0 Å². The van der Waals surface area contributed by atoms with Crippen molar-refractivity contribution in [1.29, 1.82) is 0 Å². The number of ether oxygens (including phenoxy) is 1. The van der Waals surface area contributed by atoms with Crippen LogP contribution in [-0.4, -0.2) is 42.2 Å². The van der Waals surface area contributed by atoms with Gasteiger partial charge in [-0.25, -0.2) is 14.6 Å². The number of thioether (sulfide) groups is 1. The molecule has 3 heterocycles. The second kappa shape index (κ2) is 10.3. The van der Waals surface area contributed by atoms with Gasteiger partial charge in [0.25, 0.3) is 5.91 Å². The number of pyridine rings is 1. The SMILES string of the molecule is O=C(NCc1ccncc1)c1nnn(-c2ccc(OC(F)(F)F)cc2)c1CSc1ncccn1. The maximum Gasteiger partial charge on any atom is 0.573 e. The van der Waals surface area contributed by atoms with Gasteiger partial charge < -0.3 is 10.1 Å². The van der Waals surface area contributed by atoms with Gasteiger partial charge in [-0.3, -0.25) is 9.78 Å². The number of alkyl halides is 3. The van der Waals surface area contributed by atoms with Crippen LogP contribution in [0.15, 0.2) is 72.4 Å². The molecule has 174 valence electrons. The van der Waals surface area contributed by atoms with Gasteiger partial charge in [-0.1, -0.05) is 17.0 Å². The maximum atomic E-state index is 12.9. The van der Waals surface area contributed by atoms with Gasteiger partial charge in [0.1, 0.15) is 5.75 Å². The summed E-state index contributed by atoms with van der Waals surface area (Å²) in [5.41, 5.74) is 1.76. The van der Waals surface area contributed by atoms with Gasteiger partial charge in [0.15, 0.2) is 10.9 Å². The van der Waals surface area contributed by atoms with Crippen molar-refractivity contribution < 1.29 is 22.7 Å². The fraction of sp³-hybridized carbons (Fsp3) is 0.143. The number of benzene rings is 1. The number of nitrogens with zero attached hydrogens (tertiary/aromatic N) is 6. The monoisotopic (exact) mass is 487 g/mol. The smallest absolute Gasteiger partial charge is 0.406 e. The molecule has 13 heteroatoms. The Kier molecular flexibility index (Phi) is 7.01. The van der Waals surface area contributed by atoms with Crippen molar-refractivity contribution in [1.82, 2.24) is 35.3 Å². The number of halogens is 3. The van der Waals surface area contributed by atoms with E-state index in [-0.39, 0.29) is 23.7 Å². The van der Waals surface area contributed by atoms with Crippen LogP contribution in [0.3, 0.4) is 0 Å². The van der Waals surface area contributed by atoms with Crippen LogP contribution in [0.2, 0.25) is 0 Å². The van der Waals surface area contributed by atoms with E-state index in [0.717, 1.165) is 17.7 Å². The van der Waals surface area contributed by atoms with E-state index in [1.54, 1.807) is 43.0 Å². The molecule has 0 saturated carbocycles. The summed E-state index contributed by atoms with van der Waals surface area (Å²) in [7, 11) is 0. The lowest BCUT2D eigenvalue weighted by Gasteiger charge is -2.11. The zero-order chi connectivity index (χ0) is 24.0. The second-order valence-corrected chi connectivity index (χ2v) is 7.64. The summed E-state index contributed by atoms with van der Waals surface area (Å²) in [6, 6.07) is 10.3. The molecule has 1 aromatic carbocycles. The van der Waals surface area contributed by atoms with Crippen molar-refractivity contribution in [3.05, 3.63) is 84.2 Å². The van der Waals surface area contributed by atoms with Crippen LogP contribution in [0.4, 0.5) is 13.2 Å². The Morgan fingerprint density at radius 2 is 1.74 bits per heavy atom. The standard InChI is InChI=1S/C21H16F3N7O2S/c22-21(23,24)33-16-4-2-15(3-5-16)31-17(13-34-20-26-8-1-9-27-20)18(29-30-31)19(32)28-12-14-6-10-25-11-7-14/h1-11H,12-13H2,(H,28,32). The number of nitrogens with one attached hydrogen (secondary N) is 1. The zero-order valence-electron chi connectivity index (χ0n) is 17.3. The summed E-state index contributed by atoms with van der Waals surface area (Å²) in [5.74, 6) is -0.597. The summed E-state index contributed by atoms with van der Waals surface area (Å²) < 4.78 is 42.7. The molecule has 0 aliphatic rings. The molecule has 1 amide bonds. The molecule has 0 spiro atoms. The number of hydrogen-bond acceptors (Lipinski definition) is 8. The molecule has 0 saturated heterocycles. The van der Waals surface area contributed by atoms with E-state index < -0.39 is 12.3 Å². The fourth-order valence-corrected chi connectivity index (χ4v) is 3.66. The number of carbonyl (C=O) groups excluding carboxylic acids is 1. The summed E-state index contributed by atoms with van der Waals surface area (Å²) in [6.07, 6.45) is 1.61. The van der Waals surface area contributed by atoms with E-state index in [1.165, 1.54) is 28.6 Å². The van der Waals surface area contributed by atoms with Crippen LogP contribution < -0.4 is 10.1 Å². The van der Waals surface area contributed by atoms with Crippen LogP contribution in [0.25, 0.3) is 5.69 Å². The Hall–Kier alpha value is -4.00. The average Bonchev–Trinajstić information content (AvgIpc) is 3.26. The Bertz CT molecular complexity index is 1240. The quantitative estimate of drug-likeness (QED) is 0.297. The molecule has 0 bridgehead atoms. The molecule has 0 unspecified atom stereocenters. The second-order valence-electron chi connectivity index (χ2n) is 6.70. The predicted octanol–water partition coefficient (Wildman–Crippen LogP) is 3.57. The van der Waals surface area contributed by atoms with Crippen LogP contribution in [0, 0.1) is 0 Å². The summed E-state index contributed by atoms with van der Waals surface area (Å²) in [6.45, 7) is 0.256. The Balaban J connectivity index is 1.59. The molecule has 0 radical (unpaired) electrons. The Labute approximate surface area is 195 Å². The topological polar surface area (TPSA) is 108 Å². The van der Waals surface area contributed by atoms with Crippen LogP contribution in [-0.2, 0) is 12.3 Å². The highest BCUT2D eigenvalue weighted by Gasteiger charge is 2.31. The third-order valence-electron chi connectivity index (χ3n) is 4.38. The predicted molar refractivity (Wildman–Crippen MR) is 115 cm³/mol. The summed E-state index contributed by atoms with van der Waals surface area (Å²) in [4.78, 5) is 25.1. The highest BCUT2D eigenvalue weighted by atomic mass is 32.2. The number of rotatable bonds is 8. The van der Waals surface area contributed by atoms with Gasteiger partial charge >= 0.3 is 6.36 Å². The lowest BCUT2D eigenvalue weighted by atomic mass is 10.2. The first-order chi connectivity index (χ1) is 16.4. The third kappa shape index (κ3) is 6.07. The van der Waals surface area contributed by atoms with Crippen molar-refractivity contribution in [2.45, 2.75) is 23.8 Å². The number of hydrogen-bond donors (Lipinski definition) is 1. The van der Waals surface area contributed by atoms with Gasteiger partial charge in [-0.2, -0.15) is 0 Å². The molecular weight excluding hydrogens is 471 g/mol. The lowest BCUT2D eigenvalue weighted by Crippen LogP contribution is -2.24. The van der Waals surface area contributed by atoms with Gasteiger partial charge in [-0.15, -0.1) is 18.3 Å². The van der Waals surface area contributed by atoms with Crippen molar-refractivity contribution in [3.8, 4) is 11.4 Å². The first-order valence-electron chi connectivity index (χ1n) is 9.77. The van der Waals surface area contributed by atoms with E-state index in [9.17, 15) is 18.0 Å². The molecule has 0 atom stereocenters. The normalized spacial score (nSPS) is 11.3. The molecule has 0 aliphatic carbocycles. The minimum absolute atomic E-state index is 0.0769. The van der Waals surface area contributed by atoms with Crippen molar-refractivity contribution in [2.24, 2.45) is 0 Å². The van der Waals surface area contributed by atoms with E-state index >= 15 is 0 Å². The van der Waals surface area contributed by atoms with Gasteiger partial charge in [0.05, 0.1) is 11.4 Å². The van der Waals surface area contributed by atoms with E-state index in [0.29, 0.717) is 16.5 Å². The molecule has 9 nitrogen and oxygen atoms in total. The summed E-state index contributed by atoms with van der Waals surface area (Å²) in [5, 5.41) is 11.3. The van der Waals surface area contributed by atoms with Crippen LogP contribution in [0.5, 0.6) is 5.75 Å². The molecular formula is C21H16F3N7O2S. The largest absolute Gasteiger partial charge is 0.573 e. The number of aromatic nitrogens is 6. The van der Waals surface area contributed by atoms with Crippen LogP contribution in [0.1, 0.15) is 21.7 Å². The first kappa shape index (κ1) is 23.2. The third-order valence-corrected chi connectivity index (χ3v) is 5.26. The van der Waals surface area contributed by atoms with E-state index in [2.05, 4.69) is 35.3 Å². The highest BCUT2D eigenvalue weighted by molar-refractivity contribution is 7.98. The Morgan fingerprint density at radius 3 is 2.41 bits per heavy atom.